The lowest BCUT2D eigenvalue weighted by Gasteiger charge is -2.18. The summed E-state index contributed by atoms with van der Waals surface area (Å²) >= 11 is 0. The highest BCUT2D eigenvalue weighted by Gasteiger charge is 2.29. The molecule has 1 fully saturated rings. The maximum Gasteiger partial charge on any atom is 0.324 e. The molecule has 10 heteroatoms. The zero-order valence-electron chi connectivity index (χ0n) is 16.4. The van der Waals surface area contributed by atoms with E-state index in [0.717, 1.165) is 18.4 Å². The first-order chi connectivity index (χ1) is 14.2. The van der Waals surface area contributed by atoms with Gasteiger partial charge in [-0.15, -0.1) is 0 Å². The zero-order chi connectivity index (χ0) is 21.8. The summed E-state index contributed by atoms with van der Waals surface area (Å²) in [4.78, 5) is 12.2. The Balaban J connectivity index is 1.78. The lowest BCUT2D eigenvalue weighted by atomic mass is 10.1. The second kappa shape index (κ2) is 9.25. The number of benzene rings is 2. The minimum Gasteiger partial charge on any atom is -0.465 e. The van der Waals surface area contributed by atoms with Gasteiger partial charge in [-0.05, 0) is 56.0 Å². The van der Waals surface area contributed by atoms with E-state index in [9.17, 15) is 21.6 Å². The van der Waals surface area contributed by atoms with Gasteiger partial charge in [0.05, 0.1) is 16.4 Å². The van der Waals surface area contributed by atoms with Gasteiger partial charge in [-0.25, -0.2) is 21.6 Å². The third kappa shape index (κ3) is 5.88. The molecule has 8 nitrogen and oxygen atoms in total. The molecule has 1 unspecified atom stereocenters. The third-order valence-electron chi connectivity index (χ3n) is 4.49. The number of esters is 1. The Morgan fingerprint density at radius 1 is 0.967 bits per heavy atom. The Kier molecular flexibility index (Phi) is 6.91. The number of sulfonamides is 2. The second-order valence-corrected chi connectivity index (χ2v) is 10.4. The molecule has 0 radical (unpaired) electrons. The van der Waals surface area contributed by atoms with E-state index in [-0.39, 0.29) is 28.9 Å². The molecule has 1 aliphatic carbocycles. The first-order valence-corrected chi connectivity index (χ1v) is 12.5. The normalized spacial score (nSPS) is 15.5. The molecule has 0 saturated heterocycles. The molecule has 0 amide bonds. The van der Waals surface area contributed by atoms with E-state index in [2.05, 4.69) is 9.44 Å². The summed E-state index contributed by atoms with van der Waals surface area (Å²) in [5.74, 6) is -0.683. The molecular weight excluding hydrogens is 428 g/mol. The summed E-state index contributed by atoms with van der Waals surface area (Å²) in [5, 5.41) is 0. The highest BCUT2D eigenvalue weighted by molar-refractivity contribution is 7.90. The fraction of sp³-hybridized carbons (Fsp3) is 0.350. The molecule has 1 saturated carbocycles. The van der Waals surface area contributed by atoms with Gasteiger partial charge in [-0.3, -0.25) is 4.79 Å². The molecule has 1 aliphatic rings. The van der Waals surface area contributed by atoms with Gasteiger partial charge in [0.1, 0.15) is 6.04 Å². The fourth-order valence-corrected chi connectivity index (χ4v) is 5.30. The molecule has 0 bridgehead atoms. The van der Waals surface area contributed by atoms with Crippen LogP contribution in [0.3, 0.4) is 0 Å². The van der Waals surface area contributed by atoms with Crippen LogP contribution < -0.4 is 9.44 Å². The van der Waals surface area contributed by atoms with Crippen LogP contribution in [0.15, 0.2) is 64.4 Å². The van der Waals surface area contributed by atoms with Crippen LogP contribution in [0.5, 0.6) is 0 Å². The van der Waals surface area contributed by atoms with Crippen molar-refractivity contribution in [3.63, 3.8) is 0 Å². The van der Waals surface area contributed by atoms with E-state index in [1.165, 1.54) is 24.3 Å². The molecule has 3 rings (SSSR count). The van der Waals surface area contributed by atoms with E-state index in [0.29, 0.717) is 0 Å². The summed E-state index contributed by atoms with van der Waals surface area (Å²) in [5.41, 5.74) is 0.769. The Labute approximate surface area is 176 Å². The van der Waals surface area contributed by atoms with Crippen LogP contribution in [0.1, 0.15) is 25.3 Å². The number of hydrogen-bond acceptors (Lipinski definition) is 6. The van der Waals surface area contributed by atoms with E-state index in [1.807, 2.05) is 6.07 Å². The van der Waals surface area contributed by atoms with Gasteiger partial charge in [-0.1, -0.05) is 30.3 Å². The van der Waals surface area contributed by atoms with Crippen molar-refractivity contribution in [1.82, 2.24) is 9.44 Å². The van der Waals surface area contributed by atoms with E-state index in [1.54, 1.807) is 31.2 Å². The Morgan fingerprint density at radius 3 is 2.07 bits per heavy atom. The smallest absolute Gasteiger partial charge is 0.324 e. The average Bonchev–Trinajstić information content (AvgIpc) is 3.52. The van der Waals surface area contributed by atoms with Crippen LogP contribution in [0, 0.1) is 0 Å². The summed E-state index contributed by atoms with van der Waals surface area (Å²) < 4.78 is 60.0. The van der Waals surface area contributed by atoms with Gasteiger partial charge in [0, 0.05) is 6.04 Å². The number of rotatable bonds is 10. The van der Waals surface area contributed by atoms with Crippen molar-refractivity contribution >= 4 is 26.0 Å². The summed E-state index contributed by atoms with van der Waals surface area (Å²) in [7, 11) is -7.77. The average molecular weight is 453 g/mol. The van der Waals surface area contributed by atoms with Gasteiger partial charge in [0.15, 0.2) is 0 Å². The molecule has 162 valence electrons. The number of ether oxygens (including phenoxy) is 1. The van der Waals surface area contributed by atoms with Crippen molar-refractivity contribution in [2.75, 3.05) is 6.61 Å². The molecule has 0 heterocycles. The molecule has 0 aliphatic heterocycles. The first kappa shape index (κ1) is 22.4. The lowest BCUT2D eigenvalue weighted by molar-refractivity contribution is -0.145. The van der Waals surface area contributed by atoms with Gasteiger partial charge < -0.3 is 4.74 Å². The van der Waals surface area contributed by atoms with Crippen molar-refractivity contribution in [2.45, 2.75) is 48.1 Å². The summed E-state index contributed by atoms with van der Waals surface area (Å²) in [6.07, 6.45) is 1.72. The topological polar surface area (TPSA) is 119 Å². The van der Waals surface area contributed by atoms with Gasteiger partial charge in [0.2, 0.25) is 20.0 Å². The van der Waals surface area contributed by atoms with Crippen molar-refractivity contribution in [3.05, 3.63) is 60.2 Å². The van der Waals surface area contributed by atoms with Crippen molar-refractivity contribution in [2.24, 2.45) is 0 Å². The van der Waals surface area contributed by atoms with Crippen molar-refractivity contribution in [1.29, 1.82) is 0 Å². The predicted octanol–water partition coefficient (Wildman–Crippen LogP) is 1.58. The van der Waals surface area contributed by atoms with Gasteiger partial charge in [-0.2, -0.15) is 4.72 Å². The molecule has 2 N–H and O–H groups in total. The highest BCUT2D eigenvalue weighted by atomic mass is 32.2. The SMILES string of the molecule is CCOC(=O)C(Cc1ccccc1)NS(=O)(=O)c1ccc(S(=O)(=O)NC2CC2)cc1. The molecule has 0 aromatic heterocycles. The molecule has 2 aromatic carbocycles. The maximum absolute atomic E-state index is 12.8. The lowest BCUT2D eigenvalue weighted by Crippen LogP contribution is -2.43. The zero-order valence-corrected chi connectivity index (χ0v) is 18.1. The van der Waals surface area contributed by atoms with E-state index in [4.69, 9.17) is 4.74 Å². The van der Waals surface area contributed by atoms with Crippen LogP contribution in [-0.4, -0.2) is 41.5 Å². The van der Waals surface area contributed by atoms with Crippen LogP contribution in [0.2, 0.25) is 0 Å². The predicted molar refractivity (Wildman–Crippen MR) is 111 cm³/mol. The molecule has 0 spiro atoms. The van der Waals surface area contributed by atoms with Gasteiger partial charge in [0.25, 0.3) is 0 Å². The molecule has 30 heavy (non-hydrogen) atoms. The van der Waals surface area contributed by atoms with Crippen LogP contribution in [0.25, 0.3) is 0 Å². The highest BCUT2D eigenvalue weighted by Crippen LogP contribution is 2.23. The molecular formula is C20H24N2O6S2. The quantitative estimate of drug-likeness (QED) is 0.529. The van der Waals surface area contributed by atoms with Crippen LogP contribution in [-0.2, 0) is 36.0 Å². The Bertz CT molecular complexity index is 1080. The number of carbonyl (C=O) groups excluding carboxylic acids is 1. The van der Waals surface area contributed by atoms with Gasteiger partial charge >= 0.3 is 5.97 Å². The first-order valence-electron chi connectivity index (χ1n) is 9.56. The Hall–Kier alpha value is -2.27. The number of nitrogens with one attached hydrogen (secondary N) is 2. The second-order valence-electron chi connectivity index (χ2n) is 6.98. The Morgan fingerprint density at radius 2 is 1.53 bits per heavy atom. The third-order valence-corrected chi connectivity index (χ3v) is 7.52. The van der Waals surface area contributed by atoms with Crippen molar-refractivity contribution < 1.29 is 26.4 Å². The minimum absolute atomic E-state index is 0.0143. The summed E-state index contributed by atoms with van der Waals surface area (Å²) in [6.45, 7) is 1.76. The van der Waals surface area contributed by atoms with Crippen LogP contribution in [0.4, 0.5) is 0 Å². The fourth-order valence-electron chi connectivity index (χ4n) is 2.81. The number of hydrogen-bond donors (Lipinski definition) is 2. The standard InChI is InChI=1S/C20H24N2O6S2/c1-2-28-20(23)19(14-15-6-4-3-5-7-15)22-30(26,27)18-12-10-17(11-13-18)29(24,25)21-16-8-9-16/h3-7,10-13,16,19,21-22H,2,8-9,14H2,1H3. The monoisotopic (exact) mass is 452 g/mol. The van der Waals surface area contributed by atoms with Crippen LogP contribution >= 0.6 is 0 Å². The largest absolute Gasteiger partial charge is 0.465 e. The van der Waals surface area contributed by atoms with E-state index < -0.39 is 32.1 Å². The summed E-state index contributed by atoms with van der Waals surface area (Å²) in [6, 6.07) is 12.7. The molecule has 1 atom stereocenters. The number of carbonyl (C=O) groups is 1. The van der Waals surface area contributed by atoms with E-state index >= 15 is 0 Å². The minimum atomic E-state index is -4.08. The molecule has 2 aromatic rings. The maximum atomic E-state index is 12.8. The van der Waals surface area contributed by atoms with Crippen molar-refractivity contribution in [3.8, 4) is 0 Å².